The number of hydrogen-bond acceptors (Lipinski definition) is 5. The van der Waals surface area contributed by atoms with Gasteiger partial charge in [-0.2, -0.15) is 0 Å². The van der Waals surface area contributed by atoms with Crippen molar-refractivity contribution in [2.24, 2.45) is 5.92 Å². The minimum Gasteiger partial charge on any atom is -0.478 e. The van der Waals surface area contributed by atoms with Gasteiger partial charge in [0.2, 0.25) is 0 Å². The highest BCUT2D eigenvalue weighted by Gasteiger charge is 2.27. The number of aromatic nitrogens is 1. The number of anilines is 1. The summed E-state index contributed by atoms with van der Waals surface area (Å²) in [7, 11) is -2.91. The van der Waals surface area contributed by atoms with Crippen LogP contribution in [-0.2, 0) is 9.84 Å². The van der Waals surface area contributed by atoms with Crippen molar-refractivity contribution in [1.82, 2.24) is 4.98 Å². The Morgan fingerprint density at radius 2 is 2.26 bits per heavy atom. The molecule has 0 aromatic carbocycles. The van der Waals surface area contributed by atoms with E-state index in [1.165, 1.54) is 6.07 Å². The molecule has 19 heavy (non-hydrogen) atoms. The minimum absolute atomic E-state index is 0.0222. The van der Waals surface area contributed by atoms with Crippen molar-refractivity contribution in [3.05, 3.63) is 23.4 Å². The summed E-state index contributed by atoms with van der Waals surface area (Å²) in [6, 6.07) is 3.13. The molecule has 1 aromatic rings. The van der Waals surface area contributed by atoms with E-state index in [0.29, 0.717) is 24.5 Å². The number of aryl methyl sites for hydroxylation is 1. The molecule has 0 bridgehead atoms. The van der Waals surface area contributed by atoms with Crippen LogP contribution in [0.4, 0.5) is 5.82 Å². The lowest BCUT2D eigenvalue weighted by atomic mass is 10.1. The second-order valence-electron chi connectivity index (χ2n) is 4.80. The minimum atomic E-state index is -2.91. The molecule has 0 spiro atoms. The van der Waals surface area contributed by atoms with Crippen LogP contribution < -0.4 is 5.32 Å². The van der Waals surface area contributed by atoms with Crippen molar-refractivity contribution in [2.45, 2.75) is 13.3 Å². The second kappa shape index (κ2) is 5.16. The van der Waals surface area contributed by atoms with Gasteiger partial charge in [0, 0.05) is 12.2 Å². The van der Waals surface area contributed by atoms with E-state index in [1.807, 2.05) is 0 Å². The van der Waals surface area contributed by atoms with Gasteiger partial charge in [0.05, 0.1) is 11.5 Å². The lowest BCUT2D eigenvalue weighted by Gasteiger charge is -2.12. The van der Waals surface area contributed by atoms with Crippen LogP contribution in [0.1, 0.15) is 22.5 Å². The largest absolute Gasteiger partial charge is 0.478 e. The predicted octanol–water partition coefficient (Wildman–Crippen LogP) is 0.935. The summed E-state index contributed by atoms with van der Waals surface area (Å²) in [6.07, 6.45) is 0.615. The highest BCUT2D eigenvalue weighted by atomic mass is 32.2. The van der Waals surface area contributed by atoms with Crippen LogP contribution in [0.15, 0.2) is 12.1 Å². The summed E-state index contributed by atoms with van der Waals surface area (Å²) < 4.78 is 22.7. The van der Waals surface area contributed by atoms with Gasteiger partial charge in [-0.15, -0.1) is 0 Å². The van der Waals surface area contributed by atoms with Gasteiger partial charge in [0.1, 0.15) is 11.4 Å². The van der Waals surface area contributed by atoms with Gasteiger partial charge in [0.25, 0.3) is 0 Å². The van der Waals surface area contributed by atoms with E-state index in [1.54, 1.807) is 13.0 Å². The summed E-state index contributed by atoms with van der Waals surface area (Å²) in [4.78, 5) is 15.2. The molecule has 2 rings (SSSR count). The molecule has 0 radical (unpaired) electrons. The van der Waals surface area contributed by atoms with E-state index in [4.69, 9.17) is 5.11 Å². The molecule has 1 saturated heterocycles. The zero-order chi connectivity index (χ0) is 14.0. The average Bonchev–Trinajstić information content (AvgIpc) is 2.66. The topological polar surface area (TPSA) is 96.4 Å². The molecule has 1 aliphatic rings. The molecule has 0 saturated carbocycles. The summed E-state index contributed by atoms with van der Waals surface area (Å²) >= 11 is 0. The maximum absolute atomic E-state index is 11.3. The molecule has 6 nitrogen and oxygen atoms in total. The van der Waals surface area contributed by atoms with Gasteiger partial charge in [-0.3, -0.25) is 0 Å². The normalized spacial score (nSPS) is 21.2. The molecule has 0 aliphatic carbocycles. The molecular formula is C12H16N2O4S. The molecule has 2 N–H and O–H groups in total. The number of carbonyl (C=O) groups is 1. The molecule has 104 valence electrons. The summed E-state index contributed by atoms with van der Waals surface area (Å²) in [5.74, 6) is -0.347. The number of carboxylic acids is 1. The highest BCUT2D eigenvalue weighted by molar-refractivity contribution is 7.91. The molecule has 1 aromatic heterocycles. The van der Waals surface area contributed by atoms with Gasteiger partial charge in [-0.25, -0.2) is 18.2 Å². The first-order chi connectivity index (χ1) is 8.87. The Bertz CT molecular complexity index is 598. The Balaban J connectivity index is 2.07. The maximum Gasteiger partial charge on any atom is 0.339 e. The number of sulfone groups is 1. The Kier molecular flexibility index (Phi) is 3.75. The molecular weight excluding hydrogens is 268 g/mol. The number of aromatic carboxylic acids is 1. The van der Waals surface area contributed by atoms with Crippen LogP contribution in [0, 0.1) is 12.8 Å². The molecule has 1 atom stereocenters. The second-order valence-corrected chi connectivity index (χ2v) is 7.03. The monoisotopic (exact) mass is 284 g/mol. The molecule has 1 fully saturated rings. The standard InChI is InChI=1S/C12H16N2O4S/c1-8-2-3-10(12(15)16)11(14-8)13-6-9-4-5-19(17,18)7-9/h2-3,9H,4-7H2,1H3,(H,13,14)(H,15,16). The van der Waals surface area contributed by atoms with E-state index in [-0.39, 0.29) is 23.0 Å². The number of pyridine rings is 1. The number of nitrogens with zero attached hydrogens (tertiary/aromatic N) is 1. The van der Waals surface area contributed by atoms with E-state index in [0.717, 1.165) is 0 Å². The number of nitrogens with one attached hydrogen (secondary N) is 1. The van der Waals surface area contributed by atoms with Crippen molar-refractivity contribution < 1.29 is 18.3 Å². The van der Waals surface area contributed by atoms with Crippen LogP contribution in [0.25, 0.3) is 0 Å². The molecule has 1 aliphatic heterocycles. The van der Waals surface area contributed by atoms with E-state index >= 15 is 0 Å². The van der Waals surface area contributed by atoms with Crippen molar-refractivity contribution in [3.8, 4) is 0 Å². The summed E-state index contributed by atoms with van der Waals surface area (Å²) in [5, 5.41) is 12.0. The Morgan fingerprint density at radius 3 is 2.84 bits per heavy atom. The Labute approximate surface area is 111 Å². The quantitative estimate of drug-likeness (QED) is 0.854. The van der Waals surface area contributed by atoms with Gasteiger partial charge >= 0.3 is 5.97 Å². The fourth-order valence-electron chi connectivity index (χ4n) is 2.14. The molecule has 2 heterocycles. The highest BCUT2D eigenvalue weighted by Crippen LogP contribution is 2.20. The maximum atomic E-state index is 11.3. The number of rotatable bonds is 4. The van der Waals surface area contributed by atoms with Crippen LogP contribution in [0.2, 0.25) is 0 Å². The van der Waals surface area contributed by atoms with Gasteiger partial charge in [0.15, 0.2) is 9.84 Å². The first-order valence-electron chi connectivity index (χ1n) is 6.02. The van der Waals surface area contributed by atoms with Crippen molar-refractivity contribution >= 4 is 21.6 Å². The summed E-state index contributed by atoms with van der Waals surface area (Å²) in [5.41, 5.74) is 0.818. The zero-order valence-electron chi connectivity index (χ0n) is 10.6. The molecule has 0 amide bonds. The Hall–Kier alpha value is -1.63. The smallest absolute Gasteiger partial charge is 0.339 e. The first-order valence-corrected chi connectivity index (χ1v) is 7.85. The molecule has 1 unspecified atom stereocenters. The van der Waals surface area contributed by atoms with Crippen LogP contribution in [-0.4, -0.2) is 42.5 Å². The van der Waals surface area contributed by atoms with Crippen molar-refractivity contribution in [2.75, 3.05) is 23.4 Å². The van der Waals surface area contributed by atoms with E-state index in [9.17, 15) is 13.2 Å². The van der Waals surface area contributed by atoms with E-state index < -0.39 is 15.8 Å². The third-order valence-electron chi connectivity index (χ3n) is 3.15. The third-order valence-corrected chi connectivity index (χ3v) is 4.99. The summed E-state index contributed by atoms with van der Waals surface area (Å²) in [6.45, 7) is 2.20. The Morgan fingerprint density at radius 1 is 1.53 bits per heavy atom. The number of hydrogen-bond donors (Lipinski definition) is 2. The van der Waals surface area contributed by atoms with Gasteiger partial charge in [-0.05, 0) is 31.4 Å². The fourth-order valence-corrected chi connectivity index (χ4v) is 4.00. The third kappa shape index (κ3) is 3.44. The van der Waals surface area contributed by atoms with Crippen molar-refractivity contribution in [1.29, 1.82) is 0 Å². The SMILES string of the molecule is Cc1ccc(C(=O)O)c(NCC2CCS(=O)(=O)C2)n1. The van der Waals surface area contributed by atoms with Crippen LogP contribution in [0.5, 0.6) is 0 Å². The number of carboxylic acid groups (broad SMARTS) is 1. The lowest BCUT2D eigenvalue weighted by molar-refractivity contribution is 0.0697. The molecule has 7 heteroatoms. The van der Waals surface area contributed by atoms with Crippen LogP contribution in [0.3, 0.4) is 0 Å². The fraction of sp³-hybridized carbons (Fsp3) is 0.500. The lowest BCUT2D eigenvalue weighted by Crippen LogP contribution is -2.18. The van der Waals surface area contributed by atoms with Crippen LogP contribution >= 0.6 is 0 Å². The van der Waals surface area contributed by atoms with Gasteiger partial charge < -0.3 is 10.4 Å². The zero-order valence-corrected chi connectivity index (χ0v) is 11.4. The first kappa shape index (κ1) is 13.8. The van der Waals surface area contributed by atoms with E-state index in [2.05, 4.69) is 10.3 Å². The average molecular weight is 284 g/mol. The predicted molar refractivity (Wildman–Crippen MR) is 71.2 cm³/mol. The van der Waals surface area contributed by atoms with Gasteiger partial charge in [-0.1, -0.05) is 0 Å². The van der Waals surface area contributed by atoms with Crippen molar-refractivity contribution in [3.63, 3.8) is 0 Å².